The Morgan fingerprint density at radius 1 is 0.958 bits per heavy atom. The molecule has 0 fully saturated rings. The molecule has 0 aliphatic carbocycles. The van der Waals surface area contributed by atoms with Gasteiger partial charge in [-0.15, -0.1) is 0 Å². The highest BCUT2D eigenvalue weighted by Gasteiger charge is 2.15. The van der Waals surface area contributed by atoms with E-state index in [4.69, 9.17) is 0 Å². The van der Waals surface area contributed by atoms with E-state index in [1.807, 2.05) is 64.1 Å². The molecule has 2 aromatic carbocycles. The number of amides is 2. The van der Waals surface area contributed by atoms with Crippen molar-refractivity contribution in [3.63, 3.8) is 0 Å². The maximum absolute atomic E-state index is 12.1. The first-order valence-corrected chi connectivity index (χ1v) is 8.09. The van der Waals surface area contributed by atoms with Gasteiger partial charge in [-0.05, 0) is 50.5 Å². The number of carbonyl (C=O) groups is 2. The van der Waals surface area contributed by atoms with Gasteiger partial charge in [0.25, 0.3) is 0 Å². The Morgan fingerprint density at radius 2 is 1.67 bits per heavy atom. The Morgan fingerprint density at radius 3 is 2.33 bits per heavy atom. The van der Waals surface area contributed by atoms with E-state index in [2.05, 4.69) is 16.7 Å². The van der Waals surface area contributed by atoms with Crippen LogP contribution in [0.1, 0.15) is 41.6 Å². The summed E-state index contributed by atoms with van der Waals surface area (Å²) in [6, 6.07) is 13.5. The summed E-state index contributed by atoms with van der Waals surface area (Å²) in [5, 5.41) is 5.66. The minimum absolute atomic E-state index is 0.135. The molecule has 2 N–H and O–H groups in total. The van der Waals surface area contributed by atoms with Crippen LogP contribution in [-0.2, 0) is 9.59 Å². The molecule has 4 heteroatoms. The van der Waals surface area contributed by atoms with Crippen LogP contribution in [0.5, 0.6) is 0 Å². The number of benzene rings is 2. The predicted molar refractivity (Wildman–Crippen MR) is 96.9 cm³/mol. The number of para-hydroxylation sites is 1. The third-order valence-corrected chi connectivity index (χ3v) is 4.01. The molecule has 0 aliphatic heterocycles. The molecule has 0 spiro atoms. The number of anilines is 1. The van der Waals surface area contributed by atoms with Crippen molar-refractivity contribution >= 4 is 17.5 Å². The van der Waals surface area contributed by atoms with Crippen molar-refractivity contribution in [1.29, 1.82) is 0 Å². The molecule has 0 aromatic heterocycles. The van der Waals surface area contributed by atoms with Gasteiger partial charge >= 0.3 is 0 Å². The number of hydrogen-bond acceptors (Lipinski definition) is 2. The number of carbonyl (C=O) groups excluding carboxylic acids is 2. The van der Waals surface area contributed by atoms with E-state index in [-0.39, 0.29) is 24.3 Å². The van der Waals surface area contributed by atoms with Gasteiger partial charge in [0.05, 0.1) is 6.04 Å². The van der Waals surface area contributed by atoms with E-state index >= 15 is 0 Å². The summed E-state index contributed by atoms with van der Waals surface area (Å²) in [5.41, 5.74) is 5.08. The highest BCUT2D eigenvalue weighted by atomic mass is 16.2. The number of aryl methyl sites for hydroxylation is 3. The fourth-order valence-corrected chi connectivity index (χ4v) is 2.74. The second kappa shape index (κ2) is 7.77. The molecule has 0 saturated heterocycles. The number of hydrogen-bond donors (Lipinski definition) is 2. The Balaban J connectivity index is 1.92. The molecule has 0 bridgehead atoms. The standard InChI is InChI=1S/C20H24N2O2/c1-13-9-10-17(15(3)11-13)16(4)21-19(23)12-20(24)22-18-8-6-5-7-14(18)2/h5-11,16H,12H2,1-4H3,(H,21,23)(H,22,24)/t16-/m1/s1. The van der Waals surface area contributed by atoms with Crippen molar-refractivity contribution in [2.75, 3.05) is 5.32 Å². The highest BCUT2D eigenvalue weighted by Crippen LogP contribution is 2.19. The van der Waals surface area contributed by atoms with Crippen LogP contribution in [0.4, 0.5) is 5.69 Å². The van der Waals surface area contributed by atoms with Crippen LogP contribution in [0.25, 0.3) is 0 Å². The zero-order chi connectivity index (χ0) is 17.7. The molecular formula is C20H24N2O2. The third-order valence-electron chi connectivity index (χ3n) is 4.01. The molecule has 0 heterocycles. The van der Waals surface area contributed by atoms with Crippen molar-refractivity contribution in [3.05, 3.63) is 64.7 Å². The van der Waals surface area contributed by atoms with E-state index in [1.54, 1.807) is 0 Å². The zero-order valence-electron chi connectivity index (χ0n) is 14.6. The minimum Gasteiger partial charge on any atom is -0.349 e. The molecule has 2 rings (SSSR count). The molecule has 126 valence electrons. The lowest BCUT2D eigenvalue weighted by atomic mass is 10.0. The van der Waals surface area contributed by atoms with Crippen LogP contribution in [0.2, 0.25) is 0 Å². The smallest absolute Gasteiger partial charge is 0.233 e. The van der Waals surface area contributed by atoms with Gasteiger partial charge in [0.15, 0.2) is 0 Å². The van der Waals surface area contributed by atoms with Crippen LogP contribution >= 0.6 is 0 Å². The molecule has 0 radical (unpaired) electrons. The van der Waals surface area contributed by atoms with Gasteiger partial charge in [-0.2, -0.15) is 0 Å². The largest absolute Gasteiger partial charge is 0.349 e. The minimum atomic E-state index is -0.311. The average Bonchev–Trinajstić information content (AvgIpc) is 2.49. The molecule has 4 nitrogen and oxygen atoms in total. The van der Waals surface area contributed by atoms with Crippen molar-refractivity contribution in [2.45, 2.75) is 40.2 Å². The van der Waals surface area contributed by atoms with E-state index in [9.17, 15) is 9.59 Å². The Labute approximate surface area is 143 Å². The summed E-state index contributed by atoms with van der Waals surface area (Å²) in [6.07, 6.45) is -0.191. The quantitative estimate of drug-likeness (QED) is 0.822. The average molecular weight is 324 g/mol. The van der Waals surface area contributed by atoms with Gasteiger partial charge in [0.1, 0.15) is 6.42 Å². The van der Waals surface area contributed by atoms with Crippen molar-refractivity contribution in [1.82, 2.24) is 5.32 Å². The second-order valence-electron chi connectivity index (χ2n) is 6.19. The highest BCUT2D eigenvalue weighted by molar-refractivity contribution is 6.03. The fraction of sp³-hybridized carbons (Fsp3) is 0.300. The second-order valence-corrected chi connectivity index (χ2v) is 6.19. The Bertz CT molecular complexity index is 753. The fourth-order valence-electron chi connectivity index (χ4n) is 2.74. The normalized spacial score (nSPS) is 11.7. The molecule has 1 atom stereocenters. The first-order valence-electron chi connectivity index (χ1n) is 8.09. The SMILES string of the molecule is Cc1ccc([C@@H](C)NC(=O)CC(=O)Nc2ccccc2C)c(C)c1. The van der Waals surface area contributed by atoms with E-state index in [1.165, 1.54) is 5.56 Å². The van der Waals surface area contributed by atoms with E-state index in [0.29, 0.717) is 0 Å². The van der Waals surface area contributed by atoms with Crippen LogP contribution in [-0.4, -0.2) is 11.8 Å². The van der Waals surface area contributed by atoms with Gasteiger partial charge < -0.3 is 10.6 Å². The van der Waals surface area contributed by atoms with Gasteiger partial charge in [-0.3, -0.25) is 9.59 Å². The van der Waals surface area contributed by atoms with Crippen LogP contribution in [0.3, 0.4) is 0 Å². The summed E-state index contributed by atoms with van der Waals surface area (Å²) in [4.78, 5) is 24.2. The lowest BCUT2D eigenvalue weighted by Crippen LogP contribution is -2.30. The molecule has 0 aliphatic rings. The molecule has 24 heavy (non-hydrogen) atoms. The number of nitrogens with one attached hydrogen (secondary N) is 2. The van der Waals surface area contributed by atoms with E-state index < -0.39 is 0 Å². The lowest BCUT2D eigenvalue weighted by Gasteiger charge is -2.17. The summed E-state index contributed by atoms with van der Waals surface area (Å²) >= 11 is 0. The van der Waals surface area contributed by atoms with Gasteiger partial charge in [0, 0.05) is 5.69 Å². The van der Waals surface area contributed by atoms with Crippen molar-refractivity contribution in [3.8, 4) is 0 Å². The molecule has 2 amide bonds. The van der Waals surface area contributed by atoms with Gasteiger partial charge in [0.2, 0.25) is 11.8 Å². The Hall–Kier alpha value is -2.62. The predicted octanol–water partition coefficient (Wildman–Crippen LogP) is 3.82. The summed E-state index contributed by atoms with van der Waals surface area (Å²) in [6.45, 7) is 7.90. The van der Waals surface area contributed by atoms with E-state index in [0.717, 1.165) is 22.4 Å². The first-order chi connectivity index (χ1) is 11.4. The molecule has 0 unspecified atom stereocenters. The topological polar surface area (TPSA) is 58.2 Å². The first kappa shape index (κ1) is 17.7. The monoisotopic (exact) mass is 324 g/mol. The maximum atomic E-state index is 12.1. The number of rotatable bonds is 5. The van der Waals surface area contributed by atoms with Crippen LogP contribution < -0.4 is 10.6 Å². The third kappa shape index (κ3) is 4.69. The van der Waals surface area contributed by atoms with Gasteiger partial charge in [-0.1, -0.05) is 42.0 Å². The maximum Gasteiger partial charge on any atom is 0.233 e. The van der Waals surface area contributed by atoms with Crippen molar-refractivity contribution in [2.24, 2.45) is 0 Å². The van der Waals surface area contributed by atoms with Crippen molar-refractivity contribution < 1.29 is 9.59 Å². The molecule has 0 saturated carbocycles. The Kier molecular flexibility index (Phi) is 5.74. The van der Waals surface area contributed by atoms with Crippen LogP contribution in [0, 0.1) is 20.8 Å². The summed E-state index contributed by atoms with van der Waals surface area (Å²) in [7, 11) is 0. The molecule has 2 aromatic rings. The van der Waals surface area contributed by atoms with Crippen LogP contribution in [0.15, 0.2) is 42.5 Å². The lowest BCUT2D eigenvalue weighted by molar-refractivity contribution is -0.127. The van der Waals surface area contributed by atoms with Gasteiger partial charge in [-0.25, -0.2) is 0 Å². The zero-order valence-corrected chi connectivity index (χ0v) is 14.6. The summed E-state index contributed by atoms with van der Waals surface area (Å²) in [5.74, 6) is -0.594. The summed E-state index contributed by atoms with van der Waals surface area (Å²) < 4.78 is 0. The molecular weight excluding hydrogens is 300 g/mol.